The third kappa shape index (κ3) is 5.03. The first-order chi connectivity index (χ1) is 15.0. The number of ether oxygens (including phenoxy) is 1. The van der Waals surface area contributed by atoms with Crippen LogP contribution in [0, 0.1) is 6.92 Å². The molecule has 0 saturated carbocycles. The maximum atomic E-state index is 12.4. The molecule has 1 amide bonds. The van der Waals surface area contributed by atoms with Crippen molar-refractivity contribution >= 4 is 28.3 Å². The number of aryl methyl sites for hydroxylation is 1. The fraction of sp³-hybridized carbons (Fsp3) is 0.348. The van der Waals surface area contributed by atoms with Gasteiger partial charge in [0.25, 0.3) is 0 Å². The largest absolute Gasteiger partial charge is 0.471 e. The summed E-state index contributed by atoms with van der Waals surface area (Å²) in [6.07, 6.45) is 5.91. The molecule has 4 rings (SSSR count). The zero-order chi connectivity index (χ0) is 21.8. The Hall–Kier alpha value is -3.39. The molecule has 1 aromatic carbocycles. The Kier molecular flexibility index (Phi) is 6.18. The van der Waals surface area contributed by atoms with E-state index in [9.17, 15) is 4.79 Å². The number of benzene rings is 1. The van der Waals surface area contributed by atoms with Crippen molar-refractivity contribution in [2.24, 2.45) is 0 Å². The molecule has 2 N–H and O–H groups in total. The molecule has 162 valence electrons. The van der Waals surface area contributed by atoms with E-state index in [1.165, 1.54) is 5.56 Å². The van der Waals surface area contributed by atoms with E-state index in [1.54, 1.807) is 12.3 Å². The number of nitrogens with zero attached hydrogens (tertiary/aromatic N) is 4. The Morgan fingerprint density at radius 2 is 2.13 bits per heavy atom. The van der Waals surface area contributed by atoms with Crippen LogP contribution in [0.15, 0.2) is 48.7 Å². The Morgan fingerprint density at radius 1 is 1.32 bits per heavy atom. The topological polar surface area (TPSA) is 86.4 Å². The lowest BCUT2D eigenvalue weighted by atomic mass is 10.2. The number of hydrogen-bond acceptors (Lipinski definition) is 6. The minimum Gasteiger partial charge on any atom is -0.471 e. The van der Waals surface area contributed by atoms with Crippen LogP contribution in [0.4, 0.5) is 11.4 Å². The summed E-state index contributed by atoms with van der Waals surface area (Å²) in [5, 5.41) is 11.5. The molecule has 3 heterocycles. The van der Waals surface area contributed by atoms with Gasteiger partial charge in [-0.2, -0.15) is 0 Å². The first-order valence-corrected chi connectivity index (χ1v) is 10.4. The van der Waals surface area contributed by atoms with Crippen LogP contribution in [0.1, 0.15) is 12.0 Å². The highest BCUT2D eigenvalue weighted by atomic mass is 16.5. The number of aromatic amines is 1. The number of rotatable bonds is 7. The van der Waals surface area contributed by atoms with E-state index in [1.807, 2.05) is 48.2 Å². The number of carbonyl (C=O) groups excluding carboxylic acids is 1. The number of anilines is 2. The molecule has 0 unspecified atom stereocenters. The van der Waals surface area contributed by atoms with E-state index in [2.05, 4.69) is 39.6 Å². The summed E-state index contributed by atoms with van der Waals surface area (Å²) in [4.78, 5) is 20.6. The van der Waals surface area contributed by atoms with Gasteiger partial charge >= 0.3 is 0 Å². The molecular weight excluding hydrogens is 392 g/mol. The molecule has 0 aliphatic carbocycles. The summed E-state index contributed by atoms with van der Waals surface area (Å²) >= 11 is 0. The first kappa shape index (κ1) is 20.9. The zero-order valence-electron chi connectivity index (χ0n) is 18.1. The molecule has 31 heavy (non-hydrogen) atoms. The van der Waals surface area contributed by atoms with Crippen LogP contribution in [0.25, 0.3) is 11.0 Å². The van der Waals surface area contributed by atoms with Crippen molar-refractivity contribution < 1.29 is 9.53 Å². The lowest BCUT2D eigenvalue weighted by Crippen LogP contribution is -2.29. The molecule has 0 bridgehead atoms. The molecule has 1 aliphatic rings. The number of carbonyl (C=O) groups is 1. The normalized spacial score (nSPS) is 16.5. The van der Waals surface area contributed by atoms with Crippen LogP contribution in [0.3, 0.4) is 0 Å². The lowest BCUT2D eigenvalue weighted by Gasteiger charge is -2.15. The number of pyridine rings is 1. The van der Waals surface area contributed by atoms with Crippen LogP contribution < -0.4 is 10.1 Å². The summed E-state index contributed by atoms with van der Waals surface area (Å²) in [6.45, 7) is 4.01. The van der Waals surface area contributed by atoms with Crippen molar-refractivity contribution in [3.8, 4) is 5.88 Å². The van der Waals surface area contributed by atoms with Crippen LogP contribution >= 0.6 is 0 Å². The summed E-state index contributed by atoms with van der Waals surface area (Å²) in [5.74, 6) is 0.517. The van der Waals surface area contributed by atoms with E-state index >= 15 is 0 Å². The zero-order valence-corrected chi connectivity index (χ0v) is 18.1. The van der Waals surface area contributed by atoms with E-state index in [0.717, 1.165) is 29.7 Å². The van der Waals surface area contributed by atoms with Gasteiger partial charge < -0.3 is 19.9 Å². The van der Waals surface area contributed by atoms with Crippen molar-refractivity contribution in [1.29, 1.82) is 0 Å². The maximum Gasteiger partial charge on any atom is 0.246 e. The molecule has 1 fully saturated rings. The average Bonchev–Trinajstić information content (AvgIpc) is 3.38. The second-order valence-corrected chi connectivity index (χ2v) is 8.08. The minimum atomic E-state index is -0.106. The standard InChI is InChI=1S/C23H28N6O2/c1-16-6-8-17(9-7-16)25-19-10-12-24-22-21(19)23(27-26-22)31-18-11-14-29(15-18)20(30)5-4-13-28(2)3/h4-10,12,18H,11,13-15H2,1-3H3,(H2,24,25,26,27)/b5-4+/t18-/m1/s1. The Morgan fingerprint density at radius 3 is 2.90 bits per heavy atom. The highest BCUT2D eigenvalue weighted by molar-refractivity contribution is 5.95. The van der Waals surface area contributed by atoms with Crippen LogP contribution in [0.2, 0.25) is 0 Å². The van der Waals surface area contributed by atoms with Gasteiger partial charge in [-0.1, -0.05) is 23.8 Å². The molecule has 2 aromatic heterocycles. The number of amides is 1. The molecule has 0 spiro atoms. The van der Waals surface area contributed by atoms with E-state index in [0.29, 0.717) is 24.6 Å². The van der Waals surface area contributed by atoms with Crippen molar-refractivity contribution in [3.05, 3.63) is 54.2 Å². The second-order valence-electron chi connectivity index (χ2n) is 8.08. The van der Waals surface area contributed by atoms with Crippen molar-refractivity contribution in [1.82, 2.24) is 25.0 Å². The van der Waals surface area contributed by atoms with Crippen LogP contribution in [0.5, 0.6) is 5.88 Å². The molecule has 8 nitrogen and oxygen atoms in total. The third-order valence-electron chi connectivity index (χ3n) is 5.22. The predicted molar refractivity (Wildman–Crippen MR) is 122 cm³/mol. The van der Waals surface area contributed by atoms with Gasteiger partial charge in [0.1, 0.15) is 11.5 Å². The predicted octanol–water partition coefficient (Wildman–Crippen LogP) is 3.11. The van der Waals surface area contributed by atoms with E-state index < -0.39 is 0 Å². The molecule has 0 radical (unpaired) electrons. The Bertz CT molecular complexity index is 1070. The number of aromatic nitrogens is 3. The second kappa shape index (κ2) is 9.18. The highest BCUT2D eigenvalue weighted by Gasteiger charge is 2.28. The summed E-state index contributed by atoms with van der Waals surface area (Å²) < 4.78 is 6.20. The number of hydrogen-bond donors (Lipinski definition) is 2. The molecule has 1 atom stereocenters. The number of fused-ring (bicyclic) bond motifs is 1. The monoisotopic (exact) mass is 420 g/mol. The summed E-state index contributed by atoms with van der Waals surface area (Å²) in [7, 11) is 3.94. The van der Waals surface area contributed by atoms with E-state index in [4.69, 9.17) is 4.74 Å². The average molecular weight is 421 g/mol. The van der Waals surface area contributed by atoms with Gasteiger partial charge in [-0.25, -0.2) is 4.98 Å². The van der Waals surface area contributed by atoms with Gasteiger partial charge in [0.2, 0.25) is 11.8 Å². The smallest absolute Gasteiger partial charge is 0.246 e. The van der Waals surface area contributed by atoms with Gasteiger partial charge in [0, 0.05) is 37.5 Å². The fourth-order valence-corrected chi connectivity index (χ4v) is 3.56. The SMILES string of the molecule is Cc1ccc(Nc2ccnc3[nH]nc(O[C@@H]4CCN(C(=O)/C=C/CN(C)C)C4)c23)cc1. The number of nitrogens with one attached hydrogen (secondary N) is 2. The molecule has 1 aliphatic heterocycles. The van der Waals surface area contributed by atoms with Crippen molar-refractivity contribution in [3.63, 3.8) is 0 Å². The number of H-pyrrole nitrogens is 1. The molecule has 3 aromatic rings. The number of likely N-dealkylation sites (N-methyl/N-ethyl adjacent to an activating group) is 1. The molecule has 1 saturated heterocycles. The third-order valence-corrected chi connectivity index (χ3v) is 5.22. The quantitative estimate of drug-likeness (QED) is 0.571. The van der Waals surface area contributed by atoms with Crippen molar-refractivity contribution in [2.45, 2.75) is 19.4 Å². The van der Waals surface area contributed by atoms with Crippen LogP contribution in [-0.2, 0) is 4.79 Å². The van der Waals surface area contributed by atoms with E-state index in [-0.39, 0.29) is 12.0 Å². The van der Waals surface area contributed by atoms with Gasteiger partial charge in [-0.15, -0.1) is 5.10 Å². The first-order valence-electron chi connectivity index (χ1n) is 10.4. The highest BCUT2D eigenvalue weighted by Crippen LogP contribution is 2.32. The summed E-state index contributed by atoms with van der Waals surface area (Å²) in [6, 6.07) is 10.1. The fourth-order valence-electron chi connectivity index (χ4n) is 3.56. The molecule has 8 heteroatoms. The van der Waals surface area contributed by atoms with Gasteiger partial charge in [-0.3, -0.25) is 9.89 Å². The lowest BCUT2D eigenvalue weighted by molar-refractivity contribution is -0.125. The number of likely N-dealkylation sites (tertiary alicyclic amines) is 1. The molecular formula is C23H28N6O2. The van der Waals surface area contributed by atoms with Gasteiger partial charge in [-0.05, 0) is 39.2 Å². The van der Waals surface area contributed by atoms with Crippen LogP contribution in [-0.4, -0.2) is 70.7 Å². The maximum absolute atomic E-state index is 12.4. The van der Waals surface area contributed by atoms with Gasteiger partial charge in [0.05, 0.1) is 12.2 Å². The summed E-state index contributed by atoms with van der Waals surface area (Å²) in [5.41, 5.74) is 3.71. The minimum absolute atomic E-state index is 0.0169. The Labute approximate surface area is 181 Å². The van der Waals surface area contributed by atoms with Crippen molar-refractivity contribution in [2.75, 3.05) is 39.0 Å². The van der Waals surface area contributed by atoms with Gasteiger partial charge in [0.15, 0.2) is 5.65 Å². The Balaban J connectivity index is 1.46.